The second-order valence-electron chi connectivity index (χ2n) is 6.12. The summed E-state index contributed by atoms with van der Waals surface area (Å²) in [5.74, 6) is -1.66. The van der Waals surface area contributed by atoms with Gasteiger partial charge in [-0.15, -0.1) is 0 Å². The number of hydrogen-bond donors (Lipinski definition) is 0. The van der Waals surface area contributed by atoms with E-state index in [1.165, 1.54) is 5.56 Å². The zero-order valence-corrected chi connectivity index (χ0v) is 14.4. The molecule has 0 aliphatic carbocycles. The normalized spacial score (nSPS) is 12.0. The van der Waals surface area contributed by atoms with Gasteiger partial charge in [-0.25, -0.2) is 8.78 Å². The Morgan fingerprint density at radius 1 is 0.640 bits per heavy atom. The fraction of sp³-hybridized carbons (Fsp3) is 0.130. The molecular formula is C23H20F2. The second kappa shape index (κ2) is 7.43. The van der Waals surface area contributed by atoms with E-state index >= 15 is 0 Å². The molecule has 0 unspecified atom stereocenters. The van der Waals surface area contributed by atoms with Crippen LogP contribution in [0.15, 0.2) is 72.8 Å². The summed E-state index contributed by atoms with van der Waals surface area (Å²) in [5, 5.41) is 0. The second-order valence-corrected chi connectivity index (χ2v) is 6.12. The lowest BCUT2D eigenvalue weighted by Crippen LogP contribution is -1.87. The largest absolute Gasteiger partial charge is 0.203 e. The highest BCUT2D eigenvalue weighted by molar-refractivity contribution is 5.83. The minimum atomic E-state index is -0.834. The molecule has 0 bridgehead atoms. The third-order valence-corrected chi connectivity index (χ3v) is 4.33. The number of rotatable bonds is 4. The molecule has 0 aliphatic heterocycles. The Balaban J connectivity index is 1.88. The van der Waals surface area contributed by atoms with Crippen molar-refractivity contribution in [1.82, 2.24) is 0 Å². The highest BCUT2D eigenvalue weighted by Crippen LogP contribution is 2.30. The predicted molar refractivity (Wildman–Crippen MR) is 101 cm³/mol. The molecule has 0 aliphatic rings. The molecule has 0 aromatic heterocycles. The summed E-state index contributed by atoms with van der Waals surface area (Å²) in [7, 11) is 0. The maximum absolute atomic E-state index is 14.5. The quantitative estimate of drug-likeness (QED) is 0.451. The van der Waals surface area contributed by atoms with Gasteiger partial charge in [-0.05, 0) is 30.0 Å². The predicted octanol–water partition coefficient (Wildman–Crippen LogP) is 6.99. The lowest BCUT2D eigenvalue weighted by Gasteiger charge is -2.06. The first-order valence-electron chi connectivity index (χ1n) is 8.40. The van der Waals surface area contributed by atoms with Crippen molar-refractivity contribution in [2.45, 2.75) is 20.3 Å². The number of halogens is 2. The zero-order chi connectivity index (χ0) is 17.8. The summed E-state index contributed by atoms with van der Waals surface area (Å²) in [4.78, 5) is 0. The molecular weight excluding hydrogens is 314 g/mol. The fourth-order valence-electron chi connectivity index (χ4n) is 2.70. The molecule has 0 fully saturated rings. The van der Waals surface area contributed by atoms with Crippen molar-refractivity contribution in [2.75, 3.05) is 0 Å². The summed E-state index contributed by atoms with van der Waals surface area (Å²) in [6, 6.07) is 21.8. The van der Waals surface area contributed by atoms with Gasteiger partial charge < -0.3 is 0 Å². The molecule has 3 aromatic rings. The van der Waals surface area contributed by atoms with Gasteiger partial charge in [0.15, 0.2) is 11.7 Å². The van der Waals surface area contributed by atoms with Gasteiger partial charge in [0, 0.05) is 11.1 Å². The van der Waals surface area contributed by atoms with Crippen LogP contribution in [0.5, 0.6) is 0 Å². The van der Waals surface area contributed by atoms with E-state index in [9.17, 15) is 8.78 Å². The van der Waals surface area contributed by atoms with E-state index in [0.717, 1.165) is 23.1 Å². The van der Waals surface area contributed by atoms with Crippen molar-refractivity contribution >= 4 is 11.7 Å². The van der Waals surface area contributed by atoms with Crippen molar-refractivity contribution in [3.05, 3.63) is 95.1 Å². The lowest BCUT2D eigenvalue weighted by molar-refractivity contribution is 0.700. The van der Waals surface area contributed by atoms with Gasteiger partial charge in [0.2, 0.25) is 0 Å². The Morgan fingerprint density at radius 2 is 1.04 bits per heavy atom. The van der Waals surface area contributed by atoms with E-state index in [-0.39, 0.29) is 11.1 Å². The first-order chi connectivity index (χ1) is 12.1. The summed E-state index contributed by atoms with van der Waals surface area (Å²) in [6.45, 7) is 4.06. The van der Waals surface area contributed by atoms with Gasteiger partial charge in [-0.1, -0.05) is 85.3 Å². The maximum atomic E-state index is 14.5. The Morgan fingerprint density at radius 3 is 1.48 bits per heavy atom. The van der Waals surface area contributed by atoms with Crippen molar-refractivity contribution in [3.63, 3.8) is 0 Å². The molecule has 0 radical (unpaired) electrons. The van der Waals surface area contributed by atoms with E-state index in [0.29, 0.717) is 0 Å². The molecule has 0 nitrogen and oxygen atoms in total. The van der Waals surface area contributed by atoms with Crippen LogP contribution in [0.25, 0.3) is 22.8 Å². The molecule has 0 saturated carbocycles. The average molecular weight is 334 g/mol. The summed E-state index contributed by atoms with van der Waals surface area (Å²) in [6.07, 6.45) is 0.870. The Hall–Kier alpha value is -2.74. The van der Waals surface area contributed by atoms with Gasteiger partial charge in [0.05, 0.1) is 0 Å². The highest BCUT2D eigenvalue weighted by Gasteiger charge is 2.11. The standard InChI is InChI=1S/C23H20F2/c1-3-17-6-10-20(11-7-17)22(24)23(25)21-14-12-19(13-15-21)18-8-4-16(2)5-9-18/h4-15H,3H2,1-2H3/b23-22+. The Kier molecular flexibility index (Phi) is 5.08. The van der Waals surface area contributed by atoms with Gasteiger partial charge in [0.1, 0.15) is 0 Å². The molecule has 3 aromatic carbocycles. The van der Waals surface area contributed by atoms with Crippen LogP contribution >= 0.6 is 0 Å². The van der Waals surface area contributed by atoms with Crippen molar-refractivity contribution in [1.29, 1.82) is 0 Å². The highest BCUT2D eigenvalue weighted by atomic mass is 19.2. The first kappa shape index (κ1) is 17.1. The summed E-state index contributed by atoms with van der Waals surface area (Å²) < 4.78 is 28.9. The lowest BCUT2D eigenvalue weighted by atomic mass is 10.0. The van der Waals surface area contributed by atoms with Crippen LogP contribution in [-0.2, 0) is 6.42 Å². The van der Waals surface area contributed by atoms with E-state index in [2.05, 4.69) is 0 Å². The molecule has 25 heavy (non-hydrogen) atoms. The molecule has 2 heteroatoms. The van der Waals surface area contributed by atoms with Crippen molar-refractivity contribution in [2.24, 2.45) is 0 Å². The molecule has 0 N–H and O–H groups in total. The van der Waals surface area contributed by atoms with E-state index in [1.54, 1.807) is 24.3 Å². The van der Waals surface area contributed by atoms with Crippen LogP contribution in [0.1, 0.15) is 29.2 Å². The van der Waals surface area contributed by atoms with Gasteiger partial charge in [-0.3, -0.25) is 0 Å². The topological polar surface area (TPSA) is 0 Å². The van der Waals surface area contributed by atoms with Crippen LogP contribution in [0, 0.1) is 6.92 Å². The molecule has 0 heterocycles. The molecule has 126 valence electrons. The van der Waals surface area contributed by atoms with Crippen LogP contribution < -0.4 is 0 Å². The van der Waals surface area contributed by atoms with Crippen LogP contribution in [0.2, 0.25) is 0 Å². The SMILES string of the molecule is CCc1ccc(/C(F)=C(\F)c2ccc(-c3ccc(C)cc3)cc2)cc1. The number of aryl methyl sites for hydroxylation is 2. The van der Waals surface area contributed by atoms with Gasteiger partial charge >= 0.3 is 0 Å². The zero-order valence-electron chi connectivity index (χ0n) is 14.4. The minimum absolute atomic E-state index is 0.243. The smallest absolute Gasteiger partial charge is 0.166 e. The monoisotopic (exact) mass is 334 g/mol. The molecule has 3 rings (SSSR count). The van der Waals surface area contributed by atoms with Crippen LogP contribution in [0.3, 0.4) is 0 Å². The van der Waals surface area contributed by atoms with Gasteiger partial charge in [-0.2, -0.15) is 0 Å². The van der Waals surface area contributed by atoms with Crippen LogP contribution in [-0.4, -0.2) is 0 Å². The number of benzene rings is 3. The molecule has 0 saturated heterocycles. The fourth-order valence-corrected chi connectivity index (χ4v) is 2.70. The van der Waals surface area contributed by atoms with Crippen molar-refractivity contribution < 1.29 is 8.78 Å². The maximum Gasteiger partial charge on any atom is 0.166 e. The van der Waals surface area contributed by atoms with E-state index < -0.39 is 11.7 Å². The summed E-state index contributed by atoms with van der Waals surface area (Å²) >= 11 is 0. The van der Waals surface area contributed by atoms with Crippen LogP contribution in [0.4, 0.5) is 8.78 Å². The third kappa shape index (κ3) is 3.85. The Bertz CT molecular complexity index is 871. The third-order valence-electron chi connectivity index (χ3n) is 4.33. The average Bonchev–Trinajstić information content (AvgIpc) is 2.67. The summed E-state index contributed by atoms with van der Waals surface area (Å²) in [5.41, 5.74) is 4.82. The molecule has 0 spiro atoms. The number of hydrogen-bond acceptors (Lipinski definition) is 0. The van der Waals surface area contributed by atoms with Crippen molar-refractivity contribution in [3.8, 4) is 11.1 Å². The Labute approximate surface area is 147 Å². The molecule has 0 atom stereocenters. The van der Waals surface area contributed by atoms with E-state index in [4.69, 9.17) is 0 Å². The van der Waals surface area contributed by atoms with E-state index in [1.807, 2.05) is 62.4 Å². The first-order valence-corrected chi connectivity index (χ1v) is 8.40. The minimum Gasteiger partial charge on any atom is -0.203 e. The molecule has 0 amide bonds. The van der Waals surface area contributed by atoms with Gasteiger partial charge in [0.25, 0.3) is 0 Å².